The Morgan fingerprint density at radius 3 is 2.45 bits per heavy atom. The summed E-state index contributed by atoms with van der Waals surface area (Å²) in [5.74, 6) is 0.471. The van der Waals surface area contributed by atoms with Gasteiger partial charge in [-0.3, -0.25) is 4.79 Å². The second kappa shape index (κ2) is 7.44. The summed E-state index contributed by atoms with van der Waals surface area (Å²) in [6, 6.07) is 4.99. The third-order valence-corrected chi connectivity index (χ3v) is 4.25. The van der Waals surface area contributed by atoms with Gasteiger partial charge in [0, 0.05) is 17.0 Å². The molecule has 0 aliphatic heterocycles. The van der Waals surface area contributed by atoms with Crippen LogP contribution in [0, 0.1) is 11.3 Å². The molecule has 0 spiro atoms. The van der Waals surface area contributed by atoms with Crippen molar-refractivity contribution < 1.29 is 4.79 Å². The lowest BCUT2D eigenvalue weighted by Crippen LogP contribution is -2.24. The Hall–Kier alpha value is -0.570. The van der Waals surface area contributed by atoms with Gasteiger partial charge in [0.2, 0.25) is 0 Å². The van der Waals surface area contributed by atoms with E-state index in [4.69, 9.17) is 28.9 Å². The minimum absolute atomic E-state index is 0.0452. The molecule has 1 atom stereocenters. The molecule has 1 rings (SSSR count). The van der Waals surface area contributed by atoms with E-state index in [1.54, 1.807) is 18.2 Å². The van der Waals surface area contributed by atoms with Crippen LogP contribution in [0.3, 0.4) is 0 Å². The lowest BCUT2D eigenvalue weighted by molar-refractivity contribution is 0.0958. The average molecular weight is 316 g/mol. The van der Waals surface area contributed by atoms with Gasteiger partial charge in [0.05, 0.1) is 5.02 Å². The molecule has 2 nitrogen and oxygen atoms in total. The lowest BCUT2D eigenvalue weighted by atomic mass is 9.76. The molecule has 0 amide bonds. The van der Waals surface area contributed by atoms with Gasteiger partial charge in [0.1, 0.15) is 0 Å². The number of nitrogens with two attached hydrogens (primary N) is 1. The number of ketones is 1. The van der Waals surface area contributed by atoms with Crippen LogP contribution in [0.5, 0.6) is 0 Å². The van der Waals surface area contributed by atoms with E-state index in [9.17, 15) is 4.79 Å². The van der Waals surface area contributed by atoms with Crippen LogP contribution in [0.2, 0.25) is 10.0 Å². The summed E-state index contributed by atoms with van der Waals surface area (Å²) in [5.41, 5.74) is 6.33. The van der Waals surface area contributed by atoms with Crippen LogP contribution < -0.4 is 5.73 Å². The molecule has 20 heavy (non-hydrogen) atoms. The third-order valence-electron chi connectivity index (χ3n) is 3.69. The molecular weight excluding hydrogens is 293 g/mol. The summed E-state index contributed by atoms with van der Waals surface area (Å²) in [6.07, 6.45) is 2.23. The highest BCUT2D eigenvalue weighted by atomic mass is 35.5. The number of hydrogen-bond acceptors (Lipinski definition) is 2. The zero-order valence-electron chi connectivity index (χ0n) is 12.4. The standard InChI is InChI=1S/C16H23Cl2NO/c1-16(2,3)11(8-9-19)4-7-15(20)13-10-12(17)5-6-14(13)18/h5-6,10-11H,4,7-9,19H2,1-3H3. The van der Waals surface area contributed by atoms with Crippen LogP contribution in [-0.4, -0.2) is 12.3 Å². The average Bonchev–Trinajstić information content (AvgIpc) is 2.35. The molecule has 1 aromatic carbocycles. The fourth-order valence-electron chi connectivity index (χ4n) is 2.36. The molecular formula is C16H23Cl2NO. The molecule has 4 heteroatoms. The first-order valence-corrected chi connectivity index (χ1v) is 7.69. The van der Waals surface area contributed by atoms with Crippen molar-refractivity contribution in [1.29, 1.82) is 0 Å². The number of halogens is 2. The van der Waals surface area contributed by atoms with Crippen molar-refractivity contribution in [2.24, 2.45) is 17.1 Å². The van der Waals surface area contributed by atoms with Crippen molar-refractivity contribution in [3.63, 3.8) is 0 Å². The van der Waals surface area contributed by atoms with Crippen molar-refractivity contribution >= 4 is 29.0 Å². The smallest absolute Gasteiger partial charge is 0.164 e. The van der Waals surface area contributed by atoms with Crippen LogP contribution >= 0.6 is 23.2 Å². The summed E-state index contributed by atoms with van der Waals surface area (Å²) < 4.78 is 0. The molecule has 0 radical (unpaired) electrons. The molecule has 112 valence electrons. The maximum absolute atomic E-state index is 12.3. The van der Waals surface area contributed by atoms with E-state index in [1.165, 1.54) is 0 Å². The topological polar surface area (TPSA) is 43.1 Å². The van der Waals surface area contributed by atoms with E-state index in [-0.39, 0.29) is 11.2 Å². The maximum atomic E-state index is 12.3. The minimum Gasteiger partial charge on any atom is -0.330 e. The number of benzene rings is 1. The Morgan fingerprint density at radius 2 is 1.90 bits per heavy atom. The van der Waals surface area contributed by atoms with Crippen molar-refractivity contribution in [2.75, 3.05) is 6.54 Å². The Labute approximate surface area is 131 Å². The number of hydrogen-bond donors (Lipinski definition) is 1. The SMILES string of the molecule is CC(C)(C)C(CCN)CCC(=O)c1cc(Cl)ccc1Cl. The quantitative estimate of drug-likeness (QED) is 0.753. The Morgan fingerprint density at radius 1 is 1.25 bits per heavy atom. The van der Waals surface area contributed by atoms with E-state index in [2.05, 4.69) is 20.8 Å². The monoisotopic (exact) mass is 315 g/mol. The molecule has 1 aromatic rings. The molecule has 2 N–H and O–H groups in total. The first kappa shape index (κ1) is 17.5. The van der Waals surface area contributed by atoms with Gasteiger partial charge in [-0.25, -0.2) is 0 Å². The predicted molar refractivity (Wildman–Crippen MR) is 86.6 cm³/mol. The molecule has 0 fully saturated rings. The second-order valence-corrected chi connectivity index (χ2v) is 7.07. The van der Waals surface area contributed by atoms with Crippen LogP contribution in [-0.2, 0) is 0 Å². The van der Waals surface area contributed by atoms with Gasteiger partial charge in [-0.15, -0.1) is 0 Å². The van der Waals surface area contributed by atoms with Gasteiger partial charge in [-0.05, 0) is 48.9 Å². The lowest BCUT2D eigenvalue weighted by Gasteiger charge is -2.30. The van der Waals surface area contributed by atoms with Gasteiger partial charge in [-0.1, -0.05) is 44.0 Å². The van der Waals surface area contributed by atoms with Crippen molar-refractivity contribution in [1.82, 2.24) is 0 Å². The predicted octanol–water partition coefficient (Wildman–Crippen LogP) is 4.97. The molecule has 0 saturated carbocycles. The van der Waals surface area contributed by atoms with E-state index in [1.807, 2.05) is 0 Å². The zero-order chi connectivity index (χ0) is 15.3. The molecule has 0 bridgehead atoms. The number of carbonyl (C=O) groups excluding carboxylic acids is 1. The number of Topliss-reactive ketones (excluding diaryl/α,β-unsaturated/α-hetero) is 1. The first-order chi connectivity index (χ1) is 9.25. The zero-order valence-corrected chi connectivity index (χ0v) is 13.9. The van der Waals surface area contributed by atoms with Crippen LogP contribution in [0.25, 0.3) is 0 Å². The molecule has 1 unspecified atom stereocenters. The number of carbonyl (C=O) groups is 1. The minimum atomic E-state index is 0.0452. The fraction of sp³-hybridized carbons (Fsp3) is 0.562. The highest BCUT2D eigenvalue weighted by molar-refractivity contribution is 6.35. The normalized spacial score (nSPS) is 13.3. The van der Waals surface area contributed by atoms with Gasteiger partial charge >= 0.3 is 0 Å². The molecule has 0 saturated heterocycles. The fourth-order valence-corrected chi connectivity index (χ4v) is 2.76. The highest BCUT2D eigenvalue weighted by Crippen LogP contribution is 2.33. The second-order valence-electron chi connectivity index (χ2n) is 6.23. The van der Waals surface area contributed by atoms with Crippen molar-refractivity contribution in [3.05, 3.63) is 33.8 Å². The largest absolute Gasteiger partial charge is 0.330 e. The Balaban J connectivity index is 2.73. The van der Waals surface area contributed by atoms with E-state index < -0.39 is 0 Å². The van der Waals surface area contributed by atoms with Crippen molar-refractivity contribution in [2.45, 2.75) is 40.0 Å². The van der Waals surface area contributed by atoms with Crippen LogP contribution in [0.4, 0.5) is 0 Å². The van der Waals surface area contributed by atoms with Gasteiger partial charge in [-0.2, -0.15) is 0 Å². The van der Waals surface area contributed by atoms with E-state index in [0.29, 0.717) is 34.5 Å². The Kier molecular flexibility index (Phi) is 6.50. The molecule has 0 heterocycles. The molecule has 0 aliphatic rings. The third kappa shape index (κ3) is 5.08. The van der Waals surface area contributed by atoms with Crippen molar-refractivity contribution in [3.8, 4) is 0 Å². The number of rotatable bonds is 6. The van der Waals surface area contributed by atoms with Gasteiger partial charge in [0.15, 0.2) is 5.78 Å². The summed E-state index contributed by atoms with van der Waals surface area (Å²) in [5, 5.41) is 0.998. The van der Waals surface area contributed by atoms with Gasteiger partial charge < -0.3 is 5.73 Å². The molecule has 0 aliphatic carbocycles. The first-order valence-electron chi connectivity index (χ1n) is 6.94. The van der Waals surface area contributed by atoms with E-state index in [0.717, 1.165) is 12.8 Å². The Bertz CT molecular complexity index is 466. The van der Waals surface area contributed by atoms with Gasteiger partial charge in [0.25, 0.3) is 0 Å². The summed E-state index contributed by atoms with van der Waals surface area (Å²) in [4.78, 5) is 12.3. The highest BCUT2D eigenvalue weighted by Gasteiger charge is 2.24. The van der Waals surface area contributed by atoms with Crippen LogP contribution in [0.1, 0.15) is 50.4 Å². The maximum Gasteiger partial charge on any atom is 0.164 e. The van der Waals surface area contributed by atoms with Crippen LogP contribution in [0.15, 0.2) is 18.2 Å². The summed E-state index contributed by atoms with van der Waals surface area (Å²) in [6.45, 7) is 7.20. The summed E-state index contributed by atoms with van der Waals surface area (Å²) in [7, 11) is 0. The summed E-state index contributed by atoms with van der Waals surface area (Å²) >= 11 is 12.0. The molecule has 0 aromatic heterocycles. The van der Waals surface area contributed by atoms with E-state index >= 15 is 0 Å².